The molecular formula is C13H17NO3. The molecule has 92 valence electrons. The molecule has 0 unspecified atom stereocenters. The number of carbonyl (C=O) groups excluding carboxylic acids is 1. The van der Waals surface area contributed by atoms with Gasteiger partial charge in [-0.3, -0.25) is 4.79 Å². The van der Waals surface area contributed by atoms with Crippen molar-refractivity contribution in [1.82, 2.24) is 5.32 Å². The number of aliphatic hydroxyl groups is 1. The molecule has 1 aromatic carbocycles. The van der Waals surface area contributed by atoms with Crippen LogP contribution in [0.2, 0.25) is 0 Å². The van der Waals surface area contributed by atoms with Gasteiger partial charge in [0.25, 0.3) is 0 Å². The zero-order valence-corrected chi connectivity index (χ0v) is 9.63. The molecule has 1 heterocycles. The molecular weight excluding hydrogens is 218 g/mol. The minimum Gasteiger partial charge on any atom is -0.394 e. The molecule has 2 rings (SSSR count). The number of carbonyl (C=O) groups is 1. The average molecular weight is 235 g/mol. The molecule has 0 aromatic heterocycles. The number of hydrogen-bond donors (Lipinski definition) is 2. The minimum atomic E-state index is -0.354. The summed E-state index contributed by atoms with van der Waals surface area (Å²) < 4.78 is 5.30. The molecule has 2 atom stereocenters. The van der Waals surface area contributed by atoms with Crippen molar-refractivity contribution >= 4 is 5.91 Å². The number of rotatable bonds is 4. The molecule has 1 amide bonds. The molecule has 4 heteroatoms. The molecule has 0 spiro atoms. The summed E-state index contributed by atoms with van der Waals surface area (Å²) >= 11 is 0. The first kappa shape index (κ1) is 12.1. The first-order valence-corrected chi connectivity index (χ1v) is 5.89. The van der Waals surface area contributed by atoms with Gasteiger partial charge in [0.1, 0.15) is 6.10 Å². The van der Waals surface area contributed by atoms with Gasteiger partial charge in [-0.2, -0.15) is 0 Å². The third-order valence-corrected chi connectivity index (χ3v) is 2.92. The standard InChI is InChI=1S/C13H17NO3/c15-9-11(10-5-2-1-3-6-10)14-13(16)12-7-4-8-17-12/h1-3,5-6,11-12,15H,4,7-9H2,(H,14,16)/t11-,12-/m0/s1. The Balaban J connectivity index is 1.97. The molecule has 0 aliphatic carbocycles. The van der Waals surface area contributed by atoms with E-state index in [1.807, 2.05) is 30.3 Å². The van der Waals surface area contributed by atoms with E-state index in [4.69, 9.17) is 4.74 Å². The Kier molecular flexibility index (Phi) is 4.12. The van der Waals surface area contributed by atoms with Crippen molar-refractivity contribution in [2.75, 3.05) is 13.2 Å². The van der Waals surface area contributed by atoms with E-state index >= 15 is 0 Å². The Labute approximate surface area is 101 Å². The second-order valence-corrected chi connectivity index (χ2v) is 4.16. The third kappa shape index (κ3) is 3.05. The summed E-state index contributed by atoms with van der Waals surface area (Å²) in [5, 5.41) is 12.1. The van der Waals surface area contributed by atoms with Crippen LogP contribution in [0.15, 0.2) is 30.3 Å². The van der Waals surface area contributed by atoms with E-state index in [0.717, 1.165) is 18.4 Å². The van der Waals surface area contributed by atoms with Crippen LogP contribution in [-0.2, 0) is 9.53 Å². The van der Waals surface area contributed by atoms with Gasteiger partial charge < -0.3 is 15.2 Å². The van der Waals surface area contributed by atoms with E-state index in [1.165, 1.54) is 0 Å². The highest BCUT2D eigenvalue weighted by Crippen LogP contribution is 2.16. The maximum atomic E-state index is 11.8. The fraction of sp³-hybridized carbons (Fsp3) is 0.462. The Morgan fingerprint density at radius 3 is 2.82 bits per heavy atom. The Bertz CT molecular complexity index is 360. The minimum absolute atomic E-state index is 0.109. The van der Waals surface area contributed by atoms with Gasteiger partial charge in [0.2, 0.25) is 5.91 Å². The summed E-state index contributed by atoms with van der Waals surface area (Å²) in [5.74, 6) is -0.134. The third-order valence-electron chi connectivity index (χ3n) is 2.92. The van der Waals surface area contributed by atoms with Crippen LogP contribution in [-0.4, -0.2) is 30.3 Å². The summed E-state index contributed by atoms with van der Waals surface area (Å²) in [6, 6.07) is 9.09. The maximum Gasteiger partial charge on any atom is 0.249 e. The predicted molar refractivity (Wildman–Crippen MR) is 63.4 cm³/mol. The molecule has 1 aliphatic rings. The molecule has 0 bridgehead atoms. The Morgan fingerprint density at radius 2 is 2.24 bits per heavy atom. The van der Waals surface area contributed by atoms with Crippen LogP contribution in [0.1, 0.15) is 24.4 Å². The number of hydrogen-bond acceptors (Lipinski definition) is 3. The maximum absolute atomic E-state index is 11.8. The van der Waals surface area contributed by atoms with Gasteiger partial charge in [0, 0.05) is 6.61 Å². The van der Waals surface area contributed by atoms with E-state index in [0.29, 0.717) is 6.61 Å². The van der Waals surface area contributed by atoms with Crippen LogP contribution in [0.4, 0.5) is 0 Å². The van der Waals surface area contributed by atoms with E-state index in [2.05, 4.69) is 5.32 Å². The smallest absolute Gasteiger partial charge is 0.249 e. The first-order chi connectivity index (χ1) is 8.31. The second-order valence-electron chi connectivity index (χ2n) is 4.16. The van der Waals surface area contributed by atoms with Crippen molar-refractivity contribution in [3.63, 3.8) is 0 Å². The normalized spacial score (nSPS) is 21.1. The van der Waals surface area contributed by atoms with Crippen LogP contribution in [0.5, 0.6) is 0 Å². The summed E-state index contributed by atoms with van der Waals surface area (Å²) in [6.45, 7) is 0.537. The summed E-state index contributed by atoms with van der Waals surface area (Å²) in [7, 11) is 0. The van der Waals surface area contributed by atoms with Crippen molar-refractivity contribution in [1.29, 1.82) is 0 Å². The highest BCUT2D eigenvalue weighted by Gasteiger charge is 2.25. The SMILES string of the molecule is O=C(N[C@@H](CO)c1ccccc1)[C@@H]1CCCO1. The van der Waals surface area contributed by atoms with Gasteiger partial charge in [0.05, 0.1) is 12.6 Å². The highest BCUT2D eigenvalue weighted by atomic mass is 16.5. The van der Waals surface area contributed by atoms with E-state index < -0.39 is 0 Å². The highest BCUT2D eigenvalue weighted by molar-refractivity contribution is 5.81. The Morgan fingerprint density at radius 1 is 1.47 bits per heavy atom. The largest absolute Gasteiger partial charge is 0.394 e. The lowest BCUT2D eigenvalue weighted by Crippen LogP contribution is -2.38. The van der Waals surface area contributed by atoms with Gasteiger partial charge in [-0.1, -0.05) is 30.3 Å². The first-order valence-electron chi connectivity index (χ1n) is 5.89. The summed E-state index contributed by atoms with van der Waals surface area (Å²) in [4.78, 5) is 11.8. The quantitative estimate of drug-likeness (QED) is 0.819. The van der Waals surface area contributed by atoms with Gasteiger partial charge in [-0.15, -0.1) is 0 Å². The van der Waals surface area contributed by atoms with Crippen LogP contribution in [0.3, 0.4) is 0 Å². The summed E-state index contributed by atoms with van der Waals surface area (Å²) in [6.07, 6.45) is 1.33. The second kappa shape index (κ2) is 5.80. The lowest BCUT2D eigenvalue weighted by molar-refractivity contribution is -0.131. The number of amides is 1. The van der Waals surface area contributed by atoms with Crippen LogP contribution < -0.4 is 5.32 Å². The molecule has 17 heavy (non-hydrogen) atoms. The molecule has 0 saturated carbocycles. The van der Waals surface area contributed by atoms with E-state index in [1.54, 1.807) is 0 Å². The topological polar surface area (TPSA) is 58.6 Å². The zero-order chi connectivity index (χ0) is 12.1. The summed E-state index contributed by atoms with van der Waals surface area (Å²) in [5.41, 5.74) is 0.904. The van der Waals surface area contributed by atoms with Crippen molar-refractivity contribution in [3.05, 3.63) is 35.9 Å². The molecule has 4 nitrogen and oxygen atoms in total. The lowest BCUT2D eigenvalue weighted by atomic mass is 10.1. The Hall–Kier alpha value is -1.39. The van der Waals surface area contributed by atoms with Crippen molar-refractivity contribution < 1.29 is 14.6 Å². The fourth-order valence-electron chi connectivity index (χ4n) is 1.97. The van der Waals surface area contributed by atoms with Gasteiger partial charge in [-0.25, -0.2) is 0 Å². The number of nitrogens with one attached hydrogen (secondary N) is 1. The van der Waals surface area contributed by atoms with Crippen molar-refractivity contribution in [2.45, 2.75) is 25.0 Å². The number of aliphatic hydroxyl groups excluding tert-OH is 1. The monoisotopic (exact) mass is 235 g/mol. The zero-order valence-electron chi connectivity index (χ0n) is 9.63. The molecule has 1 saturated heterocycles. The van der Waals surface area contributed by atoms with Crippen molar-refractivity contribution in [3.8, 4) is 0 Å². The van der Waals surface area contributed by atoms with Gasteiger partial charge >= 0.3 is 0 Å². The van der Waals surface area contributed by atoms with Crippen LogP contribution >= 0.6 is 0 Å². The molecule has 1 aromatic rings. The van der Waals surface area contributed by atoms with Gasteiger partial charge in [-0.05, 0) is 18.4 Å². The number of benzene rings is 1. The average Bonchev–Trinajstić information content (AvgIpc) is 2.90. The van der Waals surface area contributed by atoms with Gasteiger partial charge in [0.15, 0.2) is 0 Å². The molecule has 0 radical (unpaired) electrons. The van der Waals surface area contributed by atoms with Crippen LogP contribution in [0, 0.1) is 0 Å². The van der Waals surface area contributed by atoms with Crippen molar-refractivity contribution in [2.24, 2.45) is 0 Å². The lowest BCUT2D eigenvalue weighted by Gasteiger charge is -2.19. The van der Waals surface area contributed by atoms with E-state index in [9.17, 15) is 9.90 Å². The van der Waals surface area contributed by atoms with Crippen LogP contribution in [0.25, 0.3) is 0 Å². The predicted octanol–water partition coefficient (Wildman–Crippen LogP) is 1.02. The number of ether oxygens (including phenoxy) is 1. The fourth-order valence-corrected chi connectivity index (χ4v) is 1.97. The molecule has 2 N–H and O–H groups in total. The molecule has 1 aliphatic heterocycles. The van der Waals surface area contributed by atoms with E-state index in [-0.39, 0.29) is 24.7 Å². The molecule has 1 fully saturated rings.